The van der Waals surface area contributed by atoms with Gasteiger partial charge < -0.3 is 9.47 Å². The van der Waals surface area contributed by atoms with Gasteiger partial charge in [-0.15, -0.1) is 0 Å². The number of hydrogen-bond acceptors (Lipinski definition) is 3. The summed E-state index contributed by atoms with van der Waals surface area (Å²) in [7, 11) is 0. The maximum Gasteiger partial charge on any atom is 0.303 e. The second-order valence-corrected chi connectivity index (χ2v) is 4.85. The zero-order chi connectivity index (χ0) is 15.1. The fourth-order valence-corrected chi connectivity index (χ4v) is 1.81. The third-order valence-electron chi connectivity index (χ3n) is 2.78. The van der Waals surface area contributed by atoms with Crippen LogP contribution in [0.3, 0.4) is 0 Å². The van der Waals surface area contributed by atoms with Gasteiger partial charge in [-0.1, -0.05) is 30.4 Å². The summed E-state index contributed by atoms with van der Waals surface area (Å²) in [5, 5.41) is 0. The van der Waals surface area contributed by atoms with Crippen molar-refractivity contribution in [3.8, 4) is 5.75 Å². The smallest absolute Gasteiger partial charge is 0.303 e. The van der Waals surface area contributed by atoms with Crippen molar-refractivity contribution in [1.29, 1.82) is 0 Å². The molecule has 1 rings (SSSR count). The highest BCUT2D eigenvalue weighted by Crippen LogP contribution is 2.31. The van der Waals surface area contributed by atoms with Crippen LogP contribution < -0.4 is 4.74 Å². The van der Waals surface area contributed by atoms with Crippen molar-refractivity contribution in [3.63, 3.8) is 0 Å². The average molecular weight is 274 g/mol. The molecule has 0 aliphatic carbocycles. The van der Waals surface area contributed by atoms with Crippen LogP contribution in [0.1, 0.15) is 38.0 Å². The first-order valence-electron chi connectivity index (χ1n) is 6.61. The highest BCUT2D eigenvalue weighted by atomic mass is 16.5. The summed E-state index contributed by atoms with van der Waals surface area (Å²) in [5.74, 6) is 0.405. The molecule has 0 spiro atoms. The molecule has 0 radical (unpaired) electrons. The summed E-state index contributed by atoms with van der Waals surface area (Å²) in [4.78, 5) is 11.2. The van der Waals surface area contributed by atoms with Crippen LogP contribution in [-0.4, -0.2) is 12.6 Å². The molecule has 0 amide bonds. The number of rotatable bonds is 6. The molecule has 0 saturated heterocycles. The number of para-hydroxylation sites is 1. The van der Waals surface area contributed by atoms with Crippen molar-refractivity contribution < 1.29 is 14.3 Å². The number of allylic oxidation sites excluding steroid dienone is 1. The molecule has 1 unspecified atom stereocenters. The SMILES string of the molecule is C=CC(OC(C)=O)c1cccc(C)c1OCC=C(C)C. The number of esters is 1. The van der Waals surface area contributed by atoms with Crippen LogP contribution >= 0.6 is 0 Å². The highest BCUT2D eigenvalue weighted by molar-refractivity contribution is 5.66. The fraction of sp³-hybridized carbons (Fsp3) is 0.353. The molecule has 0 saturated carbocycles. The number of hydrogen-bond donors (Lipinski definition) is 0. The fourth-order valence-electron chi connectivity index (χ4n) is 1.81. The molecule has 0 fully saturated rings. The van der Waals surface area contributed by atoms with Crippen LogP contribution in [0.25, 0.3) is 0 Å². The van der Waals surface area contributed by atoms with Crippen molar-refractivity contribution >= 4 is 5.97 Å². The molecule has 3 heteroatoms. The average Bonchev–Trinajstić information content (AvgIpc) is 2.37. The Labute approximate surface area is 120 Å². The van der Waals surface area contributed by atoms with E-state index in [1.165, 1.54) is 12.5 Å². The molecule has 3 nitrogen and oxygen atoms in total. The van der Waals surface area contributed by atoms with E-state index in [9.17, 15) is 4.79 Å². The molecule has 1 aromatic carbocycles. The van der Waals surface area contributed by atoms with Crippen molar-refractivity contribution in [2.24, 2.45) is 0 Å². The topological polar surface area (TPSA) is 35.5 Å². The van der Waals surface area contributed by atoms with Gasteiger partial charge in [0.05, 0.1) is 0 Å². The largest absolute Gasteiger partial charge is 0.489 e. The van der Waals surface area contributed by atoms with E-state index in [1.54, 1.807) is 6.08 Å². The Kier molecular flexibility index (Phi) is 6.04. The summed E-state index contributed by atoms with van der Waals surface area (Å²) in [6.45, 7) is 11.6. The normalized spacial score (nSPS) is 11.4. The van der Waals surface area contributed by atoms with Crippen molar-refractivity contribution in [2.45, 2.75) is 33.8 Å². The van der Waals surface area contributed by atoms with Gasteiger partial charge >= 0.3 is 5.97 Å². The first-order chi connectivity index (χ1) is 9.45. The Morgan fingerprint density at radius 3 is 2.60 bits per heavy atom. The van der Waals surface area contributed by atoms with Crippen LogP contribution in [0.4, 0.5) is 0 Å². The van der Waals surface area contributed by atoms with E-state index in [-0.39, 0.29) is 5.97 Å². The molecule has 108 valence electrons. The lowest BCUT2D eigenvalue weighted by molar-refractivity contribution is -0.144. The predicted octanol–water partition coefficient (Wildman–Crippen LogP) is 4.13. The first kappa shape index (κ1) is 16.0. The number of aryl methyl sites for hydroxylation is 1. The van der Waals surface area contributed by atoms with Gasteiger partial charge in [0.15, 0.2) is 0 Å². The summed E-state index contributed by atoms with van der Waals surface area (Å²) in [6.07, 6.45) is 3.11. The van der Waals surface area contributed by atoms with Gasteiger partial charge in [-0.25, -0.2) is 0 Å². The molecule has 0 aliphatic rings. The van der Waals surface area contributed by atoms with Crippen molar-refractivity contribution in [2.75, 3.05) is 6.61 Å². The Hall–Kier alpha value is -2.03. The van der Waals surface area contributed by atoms with Crippen LogP contribution in [-0.2, 0) is 9.53 Å². The highest BCUT2D eigenvalue weighted by Gasteiger charge is 2.17. The monoisotopic (exact) mass is 274 g/mol. The molecule has 0 aliphatic heterocycles. The van der Waals surface area contributed by atoms with E-state index < -0.39 is 6.10 Å². The molecular weight excluding hydrogens is 252 g/mol. The quantitative estimate of drug-likeness (QED) is 0.578. The Bertz CT molecular complexity index is 511. The van der Waals surface area contributed by atoms with E-state index in [4.69, 9.17) is 9.47 Å². The van der Waals surface area contributed by atoms with E-state index in [1.807, 2.05) is 45.0 Å². The molecule has 0 heterocycles. The lowest BCUT2D eigenvalue weighted by atomic mass is 10.0. The molecule has 1 aromatic rings. The molecule has 0 aromatic heterocycles. The maximum absolute atomic E-state index is 11.2. The minimum absolute atomic E-state index is 0.341. The third-order valence-corrected chi connectivity index (χ3v) is 2.78. The lowest BCUT2D eigenvalue weighted by Gasteiger charge is -2.19. The molecule has 20 heavy (non-hydrogen) atoms. The lowest BCUT2D eigenvalue weighted by Crippen LogP contribution is -2.09. The van der Waals surface area contributed by atoms with Gasteiger partial charge in [0.25, 0.3) is 0 Å². The van der Waals surface area contributed by atoms with E-state index in [0.717, 1.165) is 16.9 Å². The van der Waals surface area contributed by atoms with Gasteiger partial charge in [-0.3, -0.25) is 4.79 Å². The number of benzene rings is 1. The number of carbonyl (C=O) groups is 1. The number of carbonyl (C=O) groups excluding carboxylic acids is 1. The van der Waals surface area contributed by atoms with Crippen LogP contribution in [0.5, 0.6) is 5.75 Å². The summed E-state index contributed by atoms with van der Waals surface area (Å²) < 4.78 is 11.1. The van der Waals surface area contributed by atoms with Crippen LogP contribution in [0, 0.1) is 6.92 Å². The molecular formula is C17H22O3. The van der Waals surface area contributed by atoms with Crippen molar-refractivity contribution in [1.82, 2.24) is 0 Å². The Balaban J connectivity index is 3.05. The van der Waals surface area contributed by atoms with E-state index >= 15 is 0 Å². The van der Waals surface area contributed by atoms with E-state index in [0.29, 0.717) is 6.61 Å². The van der Waals surface area contributed by atoms with E-state index in [2.05, 4.69) is 6.58 Å². The van der Waals surface area contributed by atoms with Crippen molar-refractivity contribution in [3.05, 3.63) is 53.6 Å². The minimum Gasteiger partial charge on any atom is -0.489 e. The summed E-state index contributed by atoms with van der Waals surface area (Å²) in [5.41, 5.74) is 3.02. The molecule has 0 bridgehead atoms. The van der Waals surface area contributed by atoms with Gasteiger partial charge in [-0.05, 0) is 38.5 Å². The zero-order valence-corrected chi connectivity index (χ0v) is 12.6. The number of ether oxygens (including phenoxy) is 2. The first-order valence-corrected chi connectivity index (χ1v) is 6.61. The summed E-state index contributed by atoms with van der Waals surface area (Å²) in [6, 6.07) is 5.77. The summed E-state index contributed by atoms with van der Waals surface area (Å²) >= 11 is 0. The standard InChI is InChI=1S/C17H22O3/c1-6-16(20-14(5)18)15-9-7-8-13(4)17(15)19-11-10-12(2)3/h6-10,16H,1,11H2,2-5H3. The van der Waals surface area contributed by atoms with Crippen LogP contribution in [0.15, 0.2) is 42.5 Å². The molecule has 1 atom stereocenters. The second kappa shape index (κ2) is 7.53. The molecule has 0 N–H and O–H groups in total. The Morgan fingerprint density at radius 1 is 1.35 bits per heavy atom. The van der Waals surface area contributed by atoms with Gasteiger partial charge in [0.2, 0.25) is 0 Å². The van der Waals surface area contributed by atoms with Crippen LogP contribution in [0.2, 0.25) is 0 Å². The minimum atomic E-state index is -0.492. The van der Waals surface area contributed by atoms with Gasteiger partial charge in [0, 0.05) is 12.5 Å². The predicted molar refractivity (Wildman–Crippen MR) is 80.8 cm³/mol. The third kappa shape index (κ3) is 4.57. The van der Waals surface area contributed by atoms with Gasteiger partial charge in [-0.2, -0.15) is 0 Å². The van der Waals surface area contributed by atoms with Gasteiger partial charge in [0.1, 0.15) is 18.5 Å². The second-order valence-electron chi connectivity index (χ2n) is 4.85. The Morgan fingerprint density at radius 2 is 2.05 bits per heavy atom. The zero-order valence-electron chi connectivity index (χ0n) is 12.6. The maximum atomic E-state index is 11.2.